The first kappa shape index (κ1) is 22.8. The van der Waals surface area contributed by atoms with Gasteiger partial charge in [0.1, 0.15) is 6.04 Å². The molecular weight excluding hydrogens is 446 g/mol. The Balaban J connectivity index is 1.34. The smallest absolute Gasteiger partial charge is 0.258 e. The summed E-state index contributed by atoms with van der Waals surface area (Å²) in [7, 11) is 1.51. The van der Waals surface area contributed by atoms with Gasteiger partial charge in [-0.3, -0.25) is 19.9 Å². The van der Waals surface area contributed by atoms with Crippen LogP contribution < -0.4 is 5.48 Å². The lowest BCUT2D eigenvalue weighted by atomic mass is 10.0. The van der Waals surface area contributed by atoms with Crippen molar-refractivity contribution in [1.29, 1.82) is 0 Å². The molecule has 3 heterocycles. The molecule has 5 rings (SSSR count). The normalized spacial score (nSPS) is 17.5. The number of aromatic nitrogens is 2. The van der Waals surface area contributed by atoms with E-state index in [1.807, 2.05) is 59.5 Å². The number of nitrogens with zero attached hydrogens (tertiary/aromatic N) is 4. The van der Waals surface area contributed by atoms with Crippen LogP contribution in [-0.4, -0.2) is 52.0 Å². The summed E-state index contributed by atoms with van der Waals surface area (Å²) in [4.78, 5) is 38.8. The van der Waals surface area contributed by atoms with Crippen molar-refractivity contribution in [3.63, 3.8) is 0 Å². The van der Waals surface area contributed by atoms with Gasteiger partial charge in [-0.1, -0.05) is 47.6 Å². The summed E-state index contributed by atoms with van der Waals surface area (Å²) >= 11 is 0. The summed E-state index contributed by atoms with van der Waals surface area (Å²) in [5.74, 6) is 0.403. The summed E-state index contributed by atoms with van der Waals surface area (Å²) in [5, 5.41) is 4.01. The average molecular weight is 474 g/mol. The van der Waals surface area contributed by atoms with Gasteiger partial charge in [-0.05, 0) is 36.1 Å². The van der Waals surface area contributed by atoms with Gasteiger partial charge in [-0.2, -0.15) is 4.98 Å². The van der Waals surface area contributed by atoms with E-state index in [0.29, 0.717) is 23.5 Å². The number of amides is 2. The molecule has 9 nitrogen and oxygen atoms in total. The number of hydrogen-bond donors (Lipinski definition) is 1. The third-order valence-corrected chi connectivity index (χ3v) is 6.29. The Labute approximate surface area is 203 Å². The van der Waals surface area contributed by atoms with Crippen LogP contribution in [-0.2, 0) is 16.1 Å². The van der Waals surface area contributed by atoms with Crippen molar-refractivity contribution in [2.75, 3.05) is 20.2 Å². The first-order valence-electron chi connectivity index (χ1n) is 11.7. The fourth-order valence-corrected chi connectivity index (χ4v) is 4.50. The Morgan fingerprint density at radius 2 is 1.77 bits per heavy atom. The van der Waals surface area contributed by atoms with Gasteiger partial charge in [0.15, 0.2) is 5.82 Å². The molecule has 2 aliphatic rings. The zero-order valence-electron chi connectivity index (χ0n) is 19.5. The zero-order valence-corrected chi connectivity index (χ0v) is 19.5. The molecule has 1 atom stereocenters. The first-order chi connectivity index (χ1) is 17.1. The topological polar surface area (TPSA) is 101 Å². The number of carbonyl (C=O) groups excluding carboxylic acids is 2. The molecule has 2 amide bonds. The van der Waals surface area contributed by atoms with E-state index in [4.69, 9.17) is 9.36 Å². The van der Waals surface area contributed by atoms with E-state index in [2.05, 4.69) is 15.6 Å². The monoisotopic (exact) mass is 473 g/mol. The maximum absolute atomic E-state index is 13.4. The lowest BCUT2D eigenvalue weighted by Gasteiger charge is -2.20. The predicted octanol–water partition coefficient (Wildman–Crippen LogP) is 3.48. The largest absolute Gasteiger partial charge is 0.342 e. The molecule has 35 heavy (non-hydrogen) atoms. The summed E-state index contributed by atoms with van der Waals surface area (Å²) in [6.07, 6.45) is 4.25. The van der Waals surface area contributed by atoms with Crippen molar-refractivity contribution in [3.05, 3.63) is 83.8 Å². The Morgan fingerprint density at radius 3 is 2.49 bits per heavy atom. The van der Waals surface area contributed by atoms with Crippen LogP contribution in [0.1, 0.15) is 47.4 Å². The van der Waals surface area contributed by atoms with Gasteiger partial charge in [0.05, 0.1) is 19.2 Å². The van der Waals surface area contributed by atoms with Crippen LogP contribution in [0.4, 0.5) is 0 Å². The summed E-state index contributed by atoms with van der Waals surface area (Å²) < 4.78 is 5.50. The van der Waals surface area contributed by atoms with Gasteiger partial charge in [-0.15, -0.1) is 0 Å². The van der Waals surface area contributed by atoms with Gasteiger partial charge in [0, 0.05) is 31.3 Å². The van der Waals surface area contributed by atoms with E-state index in [1.165, 1.54) is 7.11 Å². The minimum absolute atomic E-state index is 0.00688. The van der Waals surface area contributed by atoms with E-state index >= 15 is 0 Å². The highest BCUT2D eigenvalue weighted by Crippen LogP contribution is 2.34. The van der Waals surface area contributed by atoms with Crippen LogP contribution in [0, 0.1) is 0 Å². The molecule has 0 spiro atoms. The molecule has 1 saturated heterocycles. The molecule has 9 heteroatoms. The second-order valence-electron chi connectivity index (χ2n) is 8.65. The number of nitrogens with one attached hydrogen (secondary N) is 1. The molecule has 1 aromatic heterocycles. The SMILES string of the molecule is CONC1=CN(C(=O)c2ccc(-c3ccccc3)cc2)C(c2nc(CC(=O)N3CCCC3)no2)C1. The van der Waals surface area contributed by atoms with Crippen molar-refractivity contribution in [2.45, 2.75) is 31.7 Å². The lowest BCUT2D eigenvalue weighted by Crippen LogP contribution is -2.29. The third-order valence-electron chi connectivity index (χ3n) is 6.29. The fraction of sp³-hybridized carbons (Fsp3) is 0.308. The van der Waals surface area contributed by atoms with Gasteiger partial charge in [-0.25, -0.2) is 0 Å². The minimum atomic E-state index is -0.503. The number of benzene rings is 2. The number of likely N-dealkylation sites (tertiary alicyclic amines) is 1. The summed E-state index contributed by atoms with van der Waals surface area (Å²) in [6.45, 7) is 1.54. The lowest BCUT2D eigenvalue weighted by molar-refractivity contribution is -0.129. The van der Waals surface area contributed by atoms with E-state index < -0.39 is 6.04 Å². The Morgan fingerprint density at radius 1 is 1.06 bits per heavy atom. The second kappa shape index (κ2) is 10.1. The van der Waals surface area contributed by atoms with E-state index in [9.17, 15) is 9.59 Å². The Kier molecular flexibility index (Phi) is 6.58. The minimum Gasteiger partial charge on any atom is -0.342 e. The highest BCUT2D eigenvalue weighted by atomic mass is 16.6. The maximum atomic E-state index is 13.4. The highest BCUT2D eigenvalue weighted by molar-refractivity contribution is 5.96. The molecule has 1 unspecified atom stereocenters. The zero-order chi connectivity index (χ0) is 24.2. The molecular formula is C26H27N5O4. The Bertz CT molecular complexity index is 1220. The third kappa shape index (κ3) is 4.95. The second-order valence-corrected chi connectivity index (χ2v) is 8.65. The van der Waals surface area contributed by atoms with Crippen molar-refractivity contribution in [2.24, 2.45) is 0 Å². The number of hydrogen-bond acceptors (Lipinski definition) is 7. The van der Waals surface area contributed by atoms with Crippen molar-refractivity contribution < 1.29 is 18.9 Å². The van der Waals surface area contributed by atoms with Crippen LogP contribution in [0.5, 0.6) is 0 Å². The van der Waals surface area contributed by atoms with Crippen molar-refractivity contribution >= 4 is 11.8 Å². The number of hydroxylamine groups is 1. The Hall–Kier alpha value is -3.98. The molecule has 0 aliphatic carbocycles. The molecule has 2 aliphatic heterocycles. The van der Waals surface area contributed by atoms with Gasteiger partial charge in [0.2, 0.25) is 11.8 Å². The highest BCUT2D eigenvalue weighted by Gasteiger charge is 2.35. The van der Waals surface area contributed by atoms with Crippen LogP contribution in [0.2, 0.25) is 0 Å². The fourth-order valence-electron chi connectivity index (χ4n) is 4.50. The summed E-state index contributed by atoms with van der Waals surface area (Å²) in [5.41, 5.74) is 6.16. The maximum Gasteiger partial charge on any atom is 0.258 e. The quantitative estimate of drug-likeness (QED) is 0.524. The predicted molar refractivity (Wildman–Crippen MR) is 127 cm³/mol. The molecule has 1 N–H and O–H groups in total. The van der Waals surface area contributed by atoms with E-state index in [-0.39, 0.29) is 24.1 Å². The molecule has 0 bridgehead atoms. The van der Waals surface area contributed by atoms with Crippen LogP contribution in [0.3, 0.4) is 0 Å². The standard InChI is InChI=1S/C26H27N5O4/c1-34-28-21-15-22(25-27-23(29-35-25)16-24(32)30-13-5-6-14-30)31(17-21)26(33)20-11-9-19(10-12-20)18-7-3-2-4-8-18/h2-4,7-12,17,22,28H,5-6,13-16H2,1H3. The molecule has 0 radical (unpaired) electrons. The van der Waals surface area contributed by atoms with Crippen LogP contribution in [0.25, 0.3) is 11.1 Å². The molecule has 2 aromatic carbocycles. The molecule has 1 fully saturated rings. The number of carbonyl (C=O) groups is 2. The van der Waals surface area contributed by atoms with Gasteiger partial charge >= 0.3 is 0 Å². The molecule has 0 saturated carbocycles. The van der Waals surface area contributed by atoms with Crippen molar-refractivity contribution in [3.8, 4) is 11.1 Å². The summed E-state index contributed by atoms with van der Waals surface area (Å²) in [6, 6.07) is 17.0. The van der Waals surface area contributed by atoms with Gasteiger partial charge in [0.25, 0.3) is 5.91 Å². The number of rotatable bonds is 7. The van der Waals surface area contributed by atoms with Crippen LogP contribution >= 0.6 is 0 Å². The average Bonchev–Trinajstić information content (AvgIpc) is 3.66. The van der Waals surface area contributed by atoms with Crippen molar-refractivity contribution in [1.82, 2.24) is 25.4 Å². The van der Waals surface area contributed by atoms with E-state index in [1.54, 1.807) is 11.1 Å². The van der Waals surface area contributed by atoms with Crippen LogP contribution in [0.15, 0.2) is 71.0 Å². The first-order valence-corrected chi connectivity index (χ1v) is 11.7. The molecule has 3 aromatic rings. The van der Waals surface area contributed by atoms with E-state index in [0.717, 1.165) is 37.1 Å². The molecule has 180 valence electrons. The van der Waals surface area contributed by atoms with Gasteiger partial charge < -0.3 is 14.3 Å².